The summed E-state index contributed by atoms with van der Waals surface area (Å²) in [5.74, 6) is 1.64. The third kappa shape index (κ3) is 4.02. The quantitative estimate of drug-likeness (QED) is 0.470. The third-order valence-electron chi connectivity index (χ3n) is 4.94. The minimum absolute atomic E-state index is 0.0964. The van der Waals surface area contributed by atoms with Gasteiger partial charge >= 0.3 is 0 Å². The molecular weight excluding hydrogens is 428 g/mol. The van der Waals surface area contributed by atoms with Crippen LogP contribution >= 0.6 is 0 Å². The Morgan fingerprint density at radius 2 is 1.47 bits per heavy atom. The van der Waals surface area contributed by atoms with Crippen LogP contribution in [0.4, 0.5) is 17.3 Å². The van der Waals surface area contributed by atoms with Gasteiger partial charge in [-0.25, -0.2) is 18.4 Å². The van der Waals surface area contributed by atoms with Crippen LogP contribution in [0.1, 0.15) is 5.56 Å². The van der Waals surface area contributed by atoms with Gasteiger partial charge in [0.05, 0.1) is 15.9 Å². The van der Waals surface area contributed by atoms with Gasteiger partial charge in [-0.15, -0.1) is 0 Å². The Bertz CT molecular complexity index is 1410. The van der Waals surface area contributed by atoms with E-state index in [1.54, 1.807) is 42.5 Å². The van der Waals surface area contributed by atoms with E-state index in [1.807, 2.05) is 31.2 Å². The van der Waals surface area contributed by atoms with Gasteiger partial charge in [-0.3, -0.25) is 4.72 Å². The summed E-state index contributed by atoms with van der Waals surface area (Å²) in [4.78, 5) is 9.26. The van der Waals surface area contributed by atoms with Gasteiger partial charge in [-0.2, -0.15) is 0 Å². The average Bonchev–Trinajstić information content (AvgIpc) is 2.79. The molecule has 0 radical (unpaired) electrons. The van der Waals surface area contributed by atoms with Crippen LogP contribution in [0.2, 0.25) is 0 Å². The second kappa shape index (κ2) is 8.01. The Hall–Kier alpha value is -3.85. The molecule has 162 valence electrons. The smallest absolute Gasteiger partial charge is 0.263 e. The number of nitrogens with one attached hydrogen (secondary N) is 2. The summed E-state index contributed by atoms with van der Waals surface area (Å²) in [5.41, 5.74) is 2.83. The van der Waals surface area contributed by atoms with E-state index in [0.717, 1.165) is 5.56 Å². The molecule has 0 spiro atoms. The molecule has 0 atom stereocenters. The molecule has 0 saturated heterocycles. The fourth-order valence-electron chi connectivity index (χ4n) is 3.32. The van der Waals surface area contributed by atoms with Crippen LogP contribution in [0.15, 0.2) is 71.6 Å². The Kier molecular flexibility index (Phi) is 5.02. The molecule has 0 unspecified atom stereocenters. The van der Waals surface area contributed by atoms with Crippen molar-refractivity contribution in [2.75, 3.05) is 23.3 Å². The Labute approximate surface area is 185 Å². The first-order chi connectivity index (χ1) is 15.5. The molecule has 0 amide bonds. The van der Waals surface area contributed by atoms with Crippen molar-refractivity contribution in [3.63, 3.8) is 0 Å². The summed E-state index contributed by atoms with van der Waals surface area (Å²) in [6.07, 6.45) is 0. The first kappa shape index (κ1) is 20.1. The molecule has 8 nitrogen and oxygen atoms in total. The molecule has 0 bridgehead atoms. The van der Waals surface area contributed by atoms with Crippen LogP contribution in [0.25, 0.3) is 11.0 Å². The molecule has 5 rings (SSSR count). The van der Waals surface area contributed by atoms with Crippen LogP contribution in [0.3, 0.4) is 0 Å². The van der Waals surface area contributed by atoms with Crippen molar-refractivity contribution in [1.29, 1.82) is 0 Å². The summed E-state index contributed by atoms with van der Waals surface area (Å²) < 4.78 is 39.8. The summed E-state index contributed by atoms with van der Waals surface area (Å²) in [5, 5.41) is 3.16. The summed E-state index contributed by atoms with van der Waals surface area (Å²) in [6.45, 7) is 2.86. The first-order valence-corrected chi connectivity index (χ1v) is 11.5. The minimum Gasteiger partial charge on any atom is -0.486 e. The predicted molar refractivity (Wildman–Crippen MR) is 122 cm³/mol. The lowest BCUT2D eigenvalue weighted by Gasteiger charge is -2.19. The van der Waals surface area contributed by atoms with E-state index in [4.69, 9.17) is 9.47 Å². The van der Waals surface area contributed by atoms with Crippen molar-refractivity contribution in [1.82, 2.24) is 9.97 Å². The molecule has 3 aromatic carbocycles. The molecular formula is C23H20N4O4S. The monoisotopic (exact) mass is 448 g/mol. The van der Waals surface area contributed by atoms with Gasteiger partial charge in [-0.05, 0) is 43.3 Å². The van der Waals surface area contributed by atoms with Gasteiger partial charge in [0, 0.05) is 11.8 Å². The number of para-hydroxylation sites is 2. The van der Waals surface area contributed by atoms with E-state index in [9.17, 15) is 8.42 Å². The Balaban J connectivity index is 1.54. The molecule has 32 heavy (non-hydrogen) atoms. The largest absolute Gasteiger partial charge is 0.486 e. The van der Waals surface area contributed by atoms with Crippen molar-refractivity contribution in [2.24, 2.45) is 0 Å². The molecule has 1 aromatic heterocycles. The molecule has 0 saturated carbocycles. The average molecular weight is 449 g/mol. The Morgan fingerprint density at radius 1 is 0.812 bits per heavy atom. The van der Waals surface area contributed by atoms with Crippen LogP contribution in [0, 0.1) is 6.92 Å². The number of aryl methyl sites for hydroxylation is 1. The number of fused-ring (bicyclic) bond motifs is 2. The number of hydrogen-bond donors (Lipinski definition) is 2. The zero-order valence-corrected chi connectivity index (χ0v) is 18.0. The number of sulfonamides is 1. The van der Waals surface area contributed by atoms with Crippen LogP contribution < -0.4 is 19.5 Å². The summed E-state index contributed by atoms with van der Waals surface area (Å²) >= 11 is 0. The number of hydrogen-bond acceptors (Lipinski definition) is 7. The molecule has 1 aliphatic rings. The number of aromatic nitrogens is 2. The number of anilines is 3. The van der Waals surface area contributed by atoms with E-state index >= 15 is 0 Å². The fraction of sp³-hybridized carbons (Fsp3) is 0.130. The van der Waals surface area contributed by atoms with Gasteiger partial charge in [0.2, 0.25) is 0 Å². The predicted octanol–water partition coefficient (Wildman–Crippen LogP) is 4.25. The van der Waals surface area contributed by atoms with Gasteiger partial charge in [0.25, 0.3) is 10.0 Å². The lowest BCUT2D eigenvalue weighted by molar-refractivity contribution is 0.171. The van der Waals surface area contributed by atoms with E-state index in [0.29, 0.717) is 41.4 Å². The van der Waals surface area contributed by atoms with Gasteiger partial charge in [0.1, 0.15) is 13.2 Å². The summed E-state index contributed by atoms with van der Waals surface area (Å²) in [7, 11) is -3.87. The normalized spacial score (nSPS) is 13.0. The number of rotatable bonds is 5. The lowest BCUT2D eigenvalue weighted by Crippen LogP contribution is -2.16. The van der Waals surface area contributed by atoms with Gasteiger partial charge in [-0.1, -0.05) is 29.8 Å². The molecule has 0 aliphatic carbocycles. The van der Waals surface area contributed by atoms with Crippen molar-refractivity contribution in [3.8, 4) is 11.5 Å². The van der Waals surface area contributed by atoms with E-state index in [-0.39, 0.29) is 16.5 Å². The van der Waals surface area contributed by atoms with Crippen molar-refractivity contribution in [2.45, 2.75) is 11.8 Å². The second-order valence-corrected chi connectivity index (χ2v) is 8.99. The summed E-state index contributed by atoms with van der Waals surface area (Å²) in [6, 6.07) is 19.2. The highest BCUT2D eigenvalue weighted by Gasteiger charge is 2.20. The third-order valence-corrected chi connectivity index (χ3v) is 6.29. The highest BCUT2D eigenvalue weighted by Crippen LogP contribution is 2.35. The molecule has 0 fully saturated rings. The van der Waals surface area contributed by atoms with E-state index in [2.05, 4.69) is 20.0 Å². The first-order valence-electron chi connectivity index (χ1n) is 10.0. The number of benzene rings is 3. The van der Waals surface area contributed by atoms with Gasteiger partial charge < -0.3 is 14.8 Å². The second-order valence-electron chi connectivity index (χ2n) is 7.31. The molecule has 1 aliphatic heterocycles. The highest BCUT2D eigenvalue weighted by atomic mass is 32.2. The minimum atomic E-state index is -3.87. The standard InChI is InChI=1S/C23H20N4O4S/c1-15-6-9-17(10-7-15)32(28,29)27-23-22(25-18-4-2-3-5-19(18)26-23)24-16-8-11-20-21(14-16)31-13-12-30-20/h2-11,14H,12-13H2,1H3,(H,24,25)(H,26,27). The number of ether oxygens (including phenoxy) is 2. The lowest BCUT2D eigenvalue weighted by atomic mass is 10.2. The van der Waals surface area contributed by atoms with Gasteiger partial charge in [0.15, 0.2) is 23.1 Å². The molecule has 2 N–H and O–H groups in total. The van der Waals surface area contributed by atoms with E-state index in [1.165, 1.54) is 0 Å². The SMILES string of the molecule is Cc1ccc(S(=O)(=O)Nc2nc3ccccc3nc2Nc2ccc3c(c2)OCCO3)cc1. The zero-order valence-electron chi connectivity index (χ0n) is 17.2. The van der Waals surface area contributed by atoms with Crippen LogP contribution in [-0.2, 0) is 10.0 Å². The highest BCUT2D eigenvalue weighted by molar-refractivity contribution is 7.92. The van der Waals surface area contributed by atoms with Crippen LogP contribution in [-0.4, -0.2) is 31.6 Å². The molecule has 9 heteroatoms. The zero-order chi connectivity index (χ0) is 22.1. The van der Waals surface area contributed by atoms with E-state index < -0.39 is 10.0 Å². The van der Waals surface area contributed by atoms with Crippen molar-refractivity contribution in [3.05, 3.63) is 72.3 Å². The van der Waals surface area contributed by atoms with Crippen LogP contribution in [0.5, 0.6) is 11.5 Å². The topological polar surface area (TPSA) is 102 Å². The molecule has 4 aromatic rings. The Morgan fingerprint density at radius 3 is 2.19 bits per heavy atom. The maximum atomic E-state index is 13.0. The molecule has 2 heterocycles. The fourth-order valence-corrected chi connectivity index (χ4v) is 4.33. The maximum absolute atomic E-state index is 13.0. The maximum Gasteiger partial charge on any atom is 0.263 e. The van der Waals surface area contributed by atoms with Crippen molar-refractivity contribution >= 4 is 38.4 Å². The van der Waals surface area contributed by atoms with Crippen molar-refractivity contribution < 1.29 is 17.9 Å². The number of nitrogens with zero attached hydrogens (tertiary/aromatic N) is 2.